The number of esters is 1. The summed E-state index contributed by atoms with van der Waals surface area (Å²) in [6.45, 7) is 5.34. The summed E-state index contributed by atoms with van der Waals surface area (Å²) < 4.78 is 4.98. The van der Waals surface area contributed by atoms with Gasteiger partial charge in [-0.15, -0.1) is 0 Å². The summed E-state index contributed by atoms with van der Waals surface area (Å²) >= 11 is 0. The van der Waals surface area contributed by atoms with Gasteiger partial charge in [0.1, 0.15) is 0 Å². The highest BCUT2D eigenvalue weighted by Gasteiger charge is 2.18. The fraction of sp³-hybridized carbons (Fsp3) is 0.333. The molecule has 0 aromatic heterocycles. The lowest BCUT2D eigenvalue weighted by Crippen LogP contribution is -2.36. The Hall–Kier alpha value is -2.14. The van der Waals surface area contributed by atoms with Crippen molar-refractivity contribution < 1.29 is 14.3 Å². The van der Waals surface area contributed by atoms with Crippen molar-refractivity contribution in [1.82, 2.24) is 5.32 Å². The van der Waals surface area contributed by atoms with E-state index in [0.717, 1.165) is 18.7 Å². The molecule has 0 bridgehead atoms. The Labute approximate surface area is 118 Å². The minimum atomic E-state index is -0.431. The van der Waals surface area contributed by atoms with E-state index in [9.17, 15) is 9.59 Å². The maximum atomic E-state index is 12.1. The molecule has 5 nitrogen and oxygen atoms in total. The molecular weight excluding hydrogens is 256 g/mol. The third-order valence-electron chi connectivity index (χ3n) is 3.22. The Morgan fingerprint density at radius 3 is 2.60 bits per heavy atom. The van der Waals surface area contributed by atoms with Crippen LogP contribution in [0.5, 0.6) is 0 Å². The summed E-state index contributed by atoms with van der Waals surface area (Å²) in [7, 11) is 0. The molecule has 1 fully saturated rings. The van der Waals surface area contributed by atoms with Gasteiger partial charge in [-0.2, -0.15) is 0 Å². The van der Waals surface area contributed by atoms with Crippen LogP contribution in [0.2, 0.25) is 0 Å². The molecule has 1 aliphatic rings. The Morgan fingerprint density at radius 2 is 2.00 bits per heavy atom. The molecule has 2 N–H and O–H groups in total. The summed E-state index contributed by atoms with van der Waals surface area (Å²) in [6.07, 6.45) is 0. The molecule has 1 heterocycles. The highest BCUT2D eigenvalue weighted by Crippen LogP contribution is 2.18. The Morgan fingerprint density at radius 1 is 1.30 bits per heavy atom. The van der Waals surface area contributed by atoms with E-state index in [0.29, 0.717) is 23.4 Å². The molecule has 0 aliphatic carbocycles. The molecule has 1 saturated heterocycles. The number of para-hydroxylation sites is 1. The molecule has 0 unspecified atom stereocenters. The Kier molecular flexibility index (Phi) is 4.53. The third-order valence-corrected chi connectivity index (χ3v) is 3.22. The summed E-state index contributed by atoms with van der Waals surface area (Å²) in [5, 5.41) is 5.87. The summed E-state index contributed by atoms with van der Waals surface area (Å²) in [6, 6.07) is 6.84. The van der Waals surface area contributed by atoms with Crippen LogP contribution in [0.4, 0.5) is 5.69 Å². The minimum absolute atomic E-state index is 0.182. The van der Waals surface area contributed by atoms with Gasteiger partial charge in [-0.3, -0.25) is 4.79 Å². The van der Waals surface area contributed by atoms with Gasteiger partial charge in [-0.05, 0) is 31.6 Å². The lowest BCUT2D eigenvalue weighted by atomic mass is 10.0. The first-order chi connectivity index (χ1) is 9.63. The SMILES string of the molecule is CCOC(=O)c1ccccc1NC(=O)C(C)=C1CNC1. The zero-order valence-electron chi connectivity index (χ0n) is 11.7. The van der Waals surface area contributed by atoms with Crippen molar-refractivity contribution in [2.45, 2.75) is 13.8 Å². The van der Waals surface area contributed by atoms with Crippen molar-refractivity contribution >= 4 is 17.6 Å². The van der Waals surface area contributed by atoms with Crippen molar-refractivity contribution in [1.29, 1.82) is 0 Å². The molecule has 0 atom stereocenters. The number of amides is 1. The molecule has 1 amide bonds. The lowest BCUT2D eigenvalue weighted by molar-refractivity contribution is -0.112. The van der Waals surface area contributed by atoms with E-state index >= 15 is 0 Å². The van der Waals surface area contributed by atoms with Crippen molar-refractivity contribution in [3.8, 4) is 0 Å². The van der Waals surface area contributed by atoms with E-state index < -0.39 is 5.97 Å². The molecule has 5 heteroatoms. The molecule has 0 radical (unpaired) electrons. The summed E-state index contributed by atoms with van der Waals surface area (Å²) in [4.78, 5) is 24.0. The van der Waals surface area contributed by atoms with Crippen molar-refractivity contribution in [3.63, 3.8) is 0 Å². The predicted octanol–water partition coefficient (Wildman–Crippen LogP) is 1.72. The zero-order valence-corrected chi connectivity index (χ0v) is 11.7. The molecule has 1 aliphatic heterocycles. The second-order valence-electron chi connectivity index (χ2n) is 4.55. The number of nitrogens with one attached hydrogen (secondary N) is 2. The number of ether oxygens (including phenoxy) is 1. The second-order valence-corrected chi connectivity index (χ2v) is 4.55. The lowest BCUT2D eigenvalue weighted by Gasteiger charge is -2.21. The van der Waals surface area contributed by atoms with Gasteiger partial charge in [0.25, 0.3) is 5.91 Å². The van der Waals surface area contributed by atoms with Gasteiger partial charge in [0.15, 0.2) is 0 Å². The van der Waals surface area contributed by atoms with Gasteiger partial charge in [0.05, 0.1) is 17.9 Å². The van der Waals surface area contributed by atoms with E-state index in [1.807, 2.05) is 0 Å². The smallest absolute Gasteiger partial charge is 0.340 e. The van der Waals surface area contributed by atoms with E-state index in [2.05, 4.69) is 10.6 Å². The van der Waals surface area contributed by atoms with Crippen LogP contribution in [-0.2, 0) is 9.53 Å². The van der Waals surface area contributed by atoms with Crippen LogP contribution >= 0.6 is 0 Å². The molecule has 0 spiro atoms. The average Bonchev–Trinajstić information content (AvgIpc) is 2.37. The van der Waals surface area contributed by atoms with Gasteiger partial charge >= 0.3 is 5.97 Å². The van der Waals surface area contributed by atoms with Crippen LogP contribution in [0.3, 0.4) is 0 Å². The van der Waals surface area contributed by atoms with E-state index in [1.54, 1.807) is 38.1 Å². The van der Waals surface area contributed by atoms with Gasteiger partial charge < -0.3 is 15.4 Å². The maximum Gasteiger partial charge on any atom is 0.340 e. The Balaban J connectivity index is 2.17. The minimum Gasteiger partial charge on any atom is -0.462 e. The molecular formula is C15H18N2O3. The molecule has 2 rings (SSSR count). The number of benzene rings is 1. The second kappa shape index (κ2) is 6.34. The average molecular weight is 274 g/mol. The number of rotatable bonds is 4. The standard InChI is InChI=1S/C15H18N2O3/c1-3-20-15(19)12-6-4-5-7-13(12)17-14(18)10(2)11-8-16-9-11/h4-7,16H,3,8-9H2,1-2H3,(H,17,18). The van der Waals surface area contributed by atoms with Gasteiger partial charge in [-0.25, -0.2) is 4.79 Å². The topological polar surface area (TPSA) is 67.4 Å². The van der Waals surface area contributed by atoms with Crippen LogP contribution in [-0.4, -0.2) is 31.6 Å². The largest absolute Gasteiger partial charge is 0.462 e. The van der Waals surface area contributed by atoms with Crippen molar-refractivity contribution in [2.75, 3.05) is 25.0 Å². The number of carbonyl (C=O) groups excluding carboxylic acids is 2. The number of carbonyl (C=O) groups is 2. The first-order valence-electron chi connectivity index (χ1n) is 6.60. The third kappa shape index (κ3) is 3.05. The van der Waals surface area contributed by atoms with Crippen LogP contribution in [0.25, 0.3) is 0 Å². The first-order valence-corrected chi connectivity index (χ1v) is 6.60. The van der Waals surface area contributed by atoms with Crippen molar-refractivity contribution in [3.05, 3.63) is 41.0 Å². The number of hydrogen-bond donors (Lipinski definition) is 2. The number of anilines is 1. The molecule has 20 heavy (non-hydrogen) atoms. The van der Waals surface area contributed by atoms with Crippen LogP contribution < -0.4 is 10.6 Å². The normalized spacial score (nSPS) is 13.4. The first kappa shape index (κ1) is 14.3. The summed E-state index contributed by atoms with van der Waals surface area (Å²) in [5.74, 6) is -0.614. The Bertz CT molecular complexity index is 558. The van der Waals surface area contributed by atoms with E-state index in [1.165, 1.54) is 0 Å². The fourth-order valence-corrected chi connectivity index (χ4v) is 1.87. The molecule has 1 aromatic carbocycles. The quantitative estimate of drug-likeness (QED) is 0.648. The van der Waals surface area contributed by atoms with Gasteiger partial charge in [0.2, 0.25) is 0 Å². The maximum absolute atomic E-state index is 12.1. The highest BCUT2D eigenvalue weighted by atomic mass is 16.5. The highest BCUT2D eigenvalue weighted by molar-refractivity contribution is 6.07. The zero-order chi connectivity index (χ0) is 14.5. The predicted molar refractivity (Wildman–Crippen MR) is 76.6 cm³/mol. The van der Waals surface area contributed by atoms with E-state index in [4.69, 9.17) is 4.74 Å². The van der Waals surface area contributed by atoms with Crippen LogP contribution in [0.1, 0.15) is 24.2 Å². The van der Waals surface area contributed by atoms with Gasteiger partial charge in [-0.1, -0.05) is 12.1 Å². The molecule has 106 valence electrons. The van der Waals surface area contributed by atoms with Crippen LogP contribution in [0.15, 0.2) is 35.4 Å². The molecule has 0 saturated carbocycles. The van der Waals surface area contributed by atoms with E-state index in [-0.39, 0.29) is 5.91 Å². The molecule has 1 aromatic rings. The van der Waals surface area contributed by atoms with Gasteiger partial charge in [0, 0.05) is 18.7 Å². The fourth-order valence-electron chi connectivity index (χ4n) is 1.87. The number of hydrogen-bond acceptors (Lipinski definition) is 4. The van der Waals surface area contributed by atoms with Crippen LogP contribution in [0, 0.1) is 0 Å². The summed E-state index contributed by atoms with van der Waals surface area (Å²) in [5.41, 5.74) is 2.63. The van der Waals surface area contributed by atoms with Crippen molar-refractivity contribution in [2.24, 2.45) is 0 Å². The monoisotopic (exact) mass is 274 g/mol.